The zero-order chi connectivity index (χ0) is 14.4. The maximum absolute atomic E-state index is 11.9. The minimum atomic E-state index is -0.995. The number of benzene rings is 1. The van der Waals surface area contributed by atoms with Crippen LogP contribution in [0.1, 0.15) is 22.8 Å². The number of anilines is 1. The number of hydrogen-bond donors (Lipinski definition) is 3. The number of hydrogen-bond acceptors (Lipinski definition) is 3. The molecule has 0 saturated carbocycles. The molecular weight excluding hydrogens is 248 g/mol. The lowest BCUT2D eigenvalue weighted by Crippen LogP contribution is -2.36. The van der Waals surface area contributed by atoms with Crippen LogP contribution in [0.5, 0.6) is 0 Å². The Hall–Kier alpha value is -2.08. The van der Waals surface area contributed by atoms with Crippen molar-refractivity contribution in [2.75, 3.05) is 25.0 Å². The van der Waals surface area contributed by atoms with Crippen LogP contribution >= 0.6 is 0 Å². The molecule has 0 fully saturated rings. The number of aliphatic hydroxyl groups excluding tert-OH is 1. The topological polar surface area (TPSA) is 89.9 Å². The van der Waals surface area contributed by atoms with E-state index in [4.69, 9.17) is 10.2 Å². The number of nitrogens with one attached hydrogen (secondary N) is 1. The molecule has 1 aromatic rings. The van der Waals surface area contributed by atoms with Gasteiger partial charge in [-0.2, -0.15) is 0 Å². The van der Waals surface area contributed by atoms with Crippen LogP contribution in [0.3, 0.4) is 0 Å². The number of amides is 2. The molecule has 0 unspecified atom stereocenters. The van der Waals surface area contributed by atoms with E-state index in [-0.39, 0.29) is 24.7 Å². The molecule has 104 valence electrons. The average Bonchev–Trinajstić information content (AvgIpc) is 2.35. The van der Waals surface area contributed by atoms with Gasteiger partial charge in [-0.1, -0.05) is 0 Å². The van der Waals surface area contributed by atoms with Gasteiger partial charge in [-0.05, 0) is 37.6 Å². The van der Waals surface area contributed by atoms with Crippen LogP contribution in [-0.2, 0) is 0 Å². The Labute approximate surface area is 111 Å². The molecule has 0 radical (unpaired) electrons. The van der Waals surface area contributed by atoms with Crippen molar-refractivity contribution in [3.63, 3.8) is 0 Å². The molecular formula is C13H18N2O4. The van der Waals surface area contributed by atoms with Gasteiger partial charge in [0.05, 0.1) is 12.2 Å². The Morgan fingerprint density at radius 3 is 2.53 bits per heavy atom. The van der Waals surface area contributed by atoms with Gasteiger partial charge in [0, 0.05) is 18.8 Å². The molecule has 0 bridgehead atoms. The summed E-state index contributed by atoms with van der Waals surface area (Å²) < 4.78 is 0. The minimum absolute atomic E-state index is 0.0990. The second kappa shape index (κ2) is 6.75. The molecule has 0 aliphatic heterocycles. The van der Waals surface area contributed by atoms with Crippen LogP contribution in [0.2, 0.25) is 0 Å². The van der Waals surface area contributed by atoms with Crippen LogP contribution < -0.4 is 5.32 Å². The Morgan fingerprint density at radius 1 is 1.37 bits per heavy atom. The van der Waals surface area contributed by atoms with Gasteiger partial charge in [0.2, 0.25) is 0 Å². The number of carboxylic acid groups (broad SMARTS) is 1. The van der Waals surface area contributed by atoms with E-state index < -0.39 is 5.97 Å². The first kappa shape index (κ1) is 15.0. The highest BCUT2D eigenvalue weighted by molar-refractivity contribution is 5.92. The summed E-state index contributed by atoms with van der Waals surface area (Å²) in [7, 11) is 0. The van der Waals surface area contributed by atoms with Crippen LogP contribution in [0.15, 0.2) is 18.2 Å². The summed E-state index contributed by atoms with van der Waals surface area (Å²) >= 11 is 0. The van der Waals surface area contributed by atoms with Crippen molar-refractivity contribution in [1.82, 2.24) is 4.90 Å². The molecule has 0 saturated heterocycles. The summed E-state index contributed by atoms with van der Waals surface area (Å²) in [6, 6.07) is 4.28. The molecule has 0 atom stereocenters. The third-order valence-electron chi connectivity index (χ3n) is 2.75. The van der Waals surface area contributed by atoms with Gasteiger partial charge in [-0.15, -0.1) is 0 Å². The third kappa shape index (κ3) is 3.96. The Bertz CT molecular complexity index is 474. The van der Waals surface area contributed by atoms with Gasteiger partial charge in [0.1, 0.15) is 0 Å². The molecule has 3 N–H and O–H groups in total. The number of carbonyl (C=O) groups is 2. The number of aromatic carboxylic acids is 1. The number of nitrogens with zero attached hydrogens (tertiary/aromatic N) is 1. The number of rotatable bonds is 5. The van der Waals surface area contributed by atoms with E-state index in [1.54, 1.807) is 19.1 Å². The molecule has 19 heavy (non-hydrogen) atoms. The largest absolute Gasteiger partial charge is 0.478 e. The van der Waals surface area contributed by atoms with Crippen molar-refractivity contribution in [2.45, 2.75) is 13.8 Å². The van der Waals surface area contributed by atoms with Crippen molar-refractivity contribution in [3.05, 3.63) is 29.3 Å². The first-order valence-corrected chi connectivity index (χ1v) is 6.00. The molecule has 6 heteroatoms. The number of carbonyl (C=O) groups excluding carboxylic acids is 1. The van der Waals surface area contributed by atoms with E-state index in [2.05, 4.69) is 5.32 Å². The summed E-state index contributed by atoms with van der Waals surface area (Å²) in [6.07, 6.45) is 0. The number of aryl methyl sites for hydroxylation is 1. The number of carboxylic acids is 1. The summed E-state index contributed by atoms with van der Waals surface area (Å²) in [4.78, 5) is 24.2. The Kier molecular flexibility index (Phi) is 5.32. The molecule has 0 aromatic heterocycles. The Morgan fingerprint density at radius 2 is 2.05 bits per heavy atom. The maximum atomic E-state index is 11.9. The molecule has 1 rings (SSSR count). The Balaban J connectivity index is 2.80. The van der Waals surface area contributed by atoms with Gasteiger partial charge in [0.15, 0.2) is 0 Å². The molecule has 0 heterocycles. The third-order valence-corrected chi connectivity index (χ3v) is 2.75. The quantitative estimate of drug-likeness (QED) is 0.754. The highest BCUT2D eigenvalue weighted by Crippen LogP contribution is 2.15. The predicted octanol–water partition coefficient (Wildman–Crippen LogP) is 1.54. The van der Waals surface area contributed by atoms with Gasteiger partial charge in [0.25, 0.3) is 0 Å². The minimum Gasteiger partial charge on any atom is -0.478 e. The smallest absolute Gasteiger partial charge is 0.335 e. The zero-order valence-corrected chi connectivity index (χ0v) is 11.0. The fraction of sp³-hybridized carbons (Fsp3) is 0.385. The normalized spacial score (nSPS) is 10.1. The summed E-state index contributed by atoms with van der Waals surface area (Å²) in [5, 5.41) is 20.4. The van der Waals surface area contributed by atoms with Crippen molar-refractivity contribution < 1.29 is 19.8 Å². The first-order valence-electron chi connectivity index (χ1n) is 6.00. The second-order valence-corrected chi connectivity index (χ2v) is 4.07. The SMILES string of the molecule is CCN(CCO)C(=O)Nc1ccc(C(=O)O)c(C)c1. The second-order valence-electron chi connectivity index (χ2n) is 4.07. The lowest BCUT2D eigenvalue weighted by molar-refractivity contribution is 0.0696. The predicted molar refractivity (Wildman–Crippen MR) is 71.5 cm³/mol. The van der Waals surface area contributed by atoms with Crippen molar-refractivity contribution >= 4 is 17.7 Å². The molecule has 0 spiro atoms. The van der Waals surface area contributed by atoms with Crippen molar-refractivity contribution in [3.8, 4) is 0 Å². The highest BCUT2D eigenvalue weighted by Gasteiger charge is 2.12. The molecule has 0 aliphatic carbocycles. The monoisotopic (exact) mass is 266 g/mol. The maximum Gasteiger partial charge on any atom is 0.335 e. The first-order chi connectivity index (χ1) is 8.99. The summed E-state index contributed by atoms with van der Waals surface area (Å²) in [5.74, 6) is -0.995. The molecule has 6 nitrogen and oxygen atoms in total. The fourth-order valence-corrected chi connectivity index (χ4v) is 1.71. The molecule has 0 aliphatic rings. The van der Waals surface area contributed by atoms with Crippen LogP contribution in [-0.4, -0.2) is 46.8 Å². The summed E-state index contributed by atoms with van der Waals surface area (Å²) in [6.45, 7) is 4.13. The van der Waals surface area contributed by atoms with Crippen LogP contribution in [0.25, 0.3) is 0 Å². The van der Waals surface area contributed by atoms with Crippen LogP contribution in [0, 0.1) is 6.92 Å². The fourth-order valence-electron chi connectivity index (χ4n) is 1.71. The lowest BCUT2D eigenvalue weighted by Gasteiger charge is -2.20. The van der Waals surface area contributed by atoms with Gasteiger partial charge < -0.3 is 20.4 Å². The van der Waals surface area contributed by atoms with E-state index in [9.17, 15) is 9.59 Å². The average molecular weight is 266 g/mol. The highest BCUT2D eigenvalue weighted by atomic mass is 16.4. The van der Waals surface area contributed by atoms with E-state index in [1.165, 1.54) is 11.0 Å². The summed E-state index contributed by atoms with van der Waals surface area (Å²) in [5.41, 5.74) is 1.32. The number of urea groups is 1. The van der Waals surface area contributed by atoms with Crippen molar-refractivity contribution in [1.29, 1.82) is 0 Å². The standard InChI is InChI=1S/C13H18N2O4/c1-3-15(6-7-16)13(19)14-10-4-5-11(12(17)18)9(2)8-10/h4-5,8,16H,3,6-7H2,1-2H3,(H,14,19)(H,17,18). The number of likely N-dealkylation sites (N-methyl/N-ethyl adjacent to an activating group) is 1. The van der Waals surface area contributed by atoms with E-state index in [0.717, 1.165) is 0 Å². The van der Waals surface area contributed by atoms with Gasteiger partial charge >= 0.3 is 12.0 Å². The van der Waals surface area contributed by atoms with Crippen LogP contribution in [0.4, 0.5) is 10.5 Å². The van der Waals surface area contributed by atoms with Crippen molar-refractivity contribution in [2.24, 2.45) is 0 Å². The van der Waals surface area contributed by atoms with E-state index in [1.807, 2.05) is 6.92 Å². The van der Waals surface area contributed by atoms with Gasteiger partial charge in [-0.25, -0.2) is 9.59 Å². The zero-order valence-electron chi connectivity index (χ0n) is 11.0. The molecule has 2 amide bonds. The van der Waals surface area contributed by atoms with E-state index >= 15 is 0 Å². The number of aliphatic hydroxyl groups is 1. The molecule has 1 aromatic carbocycles. The van der Waals surface area contributed by atoms with E-state index in [0.29, 0.717) is 17.8 Å². The lowest BCUT2D eigenvalue weighted by atomic mass is 10.1. The van der Waals surface area contributed by atoms with Gasteiger partial charge in [-0.3, -0.25) is 0 Å².